The fraction of sp³-hybridized carbons (Fsp3) is 0.350. The van der Waals surface area contributed by atoms with Crippen molar-refractivity contribution < 1.29 is 24.1 Å². The van der Waals surface area contributed by atoms with Gasteiger partial charge in [-0.3, -0.25) is 0 Å². The van der Waals surface area contributed by atoms with Gasteiger partial charge >= 0.3 is 5.97 Å². The van der Waals surface area contributed by atoms with E-state index in [-0.39, 0.29) is 5.76 Å². The number of aliphatic hydroxyl groups is 1. The van der Waals surface area contributed by atoms with E-state index < -0.39 is 24.0 Å². The summed E-state index contributed by atoms with van der Waals surface area (Å²) in [7, 11) is 0. The summed E-state index contributed by atoms with van der Waals surface area (Å²) in [6.07, 6.45) is 6.58. The van der Waals surface area contributed by atoms with Crippen LogP contribution in [0.5, 0.6) is 0 Å². The lowest BCUT2D eigenvalue weighted by Gasteiger charge is -2.36. The van der Waals surface area contributed by atoms with Crippen LogP contribution >= 0.6 is 0 Å². The lowest BCUT2D eigenvalue weighted by atomic mass is 9.98. The number of esters is 1. The molecule has 2 heterocycles. The van der Waals surface area contributed by atoms with Gasteiger partial charge in [-0.25, -0.2) is 4.79 Å². The van der Waals surface area contributed by atoms with E-state index in [0.29, 0.717) is 18.6 Å². The first-order valence-electron chi connectivity index (χ1n) is 8.09. The van der Waals surface area contributed by atoms with Crippen molar-refractivity contribution in [3.63, 3.8) is 0 Å². The minimum Gasteiger partial charge on any atom is -0.459 e. The van der Waals surface area contributed by atoms with Crippen molar-refractivity contribution in [1.29, 1.82) is 0 Å². The van der Waals surface area contributed by atoms with Crippen LogP contribution < -0.4 is 0 Å². The first kappa shape index (κ1) is 17.1. The highest BCUT2D eigenvalue weighted by atomic mass is 16.7. The van der Waals surface area contributed by atoms with Gasteiger partial charge < -0.3 is 19.3 Å². The van der Waals surface area contributed by atoms with Crippen molar-refractivity contribution in [2.24, 2.45) is 0 Å². The molecule has 0 unspecified atom stereocenters. The Labute approximate surface area is 146 Å². The maximum Gasteiger partial charge on any atom is 0.338 e. The molecule has 1 aromatic rings. The Hall–Kier alpha value is -2.73. The number of hydrogen-bond acceptors (Lipinski definition) is 5. The van der Waals surface area contributed by atoms with E-state index in [1.165, 1.54) is 6.08 Å². The molecule has 0 amide bonds. The van der Waals surface area contributed by atoms with Crippen LogP contribution in [0.2, 0.25) is 0 Å². The highest BCUT2D eigenvalue weighted by Gasteiger charge is 2.57. The van der Waals surface area contributed by atoms with Crippen molar-refractivity contribution >= 4 is 5.97 Å². The lowest BCUT2D eigenvalue weighted by molar-refractivity contribution is -0.256. The number of rotatable bonds is 2. The quantitative estimate of drug-likeness (QED) is 0.660. The maximum atomic E-state index is 12.4. The normalized spacial score (nSPS) is 29.4. The van der Waals surface area contributed by atoms with Crippen LogP contribution in [0.1, 0.15) is 29.6 Å². The number of aliphatic hydroxyl groups excluding tert-OH is 1. The summed E-state index contributed by atoms with van der Waals surface area (Å²) in [5.74, 6) is 5.68. The zero-order valence-corrected chi connectivity index (χ0v) is 13.6. The van der Waals surface area contributed by atoms with E-state index in [4.69, 9.17) is 20.6 Å². The molecule has 5 nitrogen and oxygen atoms in total. The van der Waals surface area contributed by atoms with Gasteiger partial charge in [-0.1, -0.05) is 24.1 Å². The third-order valence-electron chi connectivity index (χ3n) is 4.17. The molecule has 0 aliphatic carbocycles. The van der Waals surface area contributed by atoms with Crippen molar-refractivity contribution in [2.75, 3.05) is 6.61 Å². The van der Waals surface area contributed by atoms with Gasteiger partial charge in [0.15, 0.2) is 12.2 Å². The topological polar surface area (TPSA) is 65.0 Å². The minimum absolute atomic E-state index is 0.190. The molecular weight excluding hydrogens is 320 g/mol. The van der Waals surface area contributed by atoms with Gasteiger partial charge in [0.05, 0.1) is 12.2 Å². The molecule has 2 fully saturated rings. The predicted octanol–water partition coefficient (Wildman–Crippen LogP) is 2.02. The smallest absolute Gasteiger partial charge is 0.338 e. The molecule has 2 aliphatic heterocycles. The molecule has 0 radical (unpaired) electrons. The van der Waals surface area contributed by atoms with Crippen LogP contribution in [0.4, 0.5) is 0 Å². The van der Waals surface area contributed by atoms with Crippen molar-refractivity contribution in [1.82, 2.24) is 0 Å². The van der Waals surface area contributed by atoms with Crippen molar-refractivity contribution in [3.05, 3.63) is 47.7 Å². The number of benzene rings is 1. The summed E-state index contributed by atoms with van der Waals surface area (Å²) in [6, 6.07) is 8.58. The largest absolute Gasteiger partial charge is 0.459 e. The Morgan fingerprint density at radius 2 is 2.16 bits per heavy atom. The molecule has 3 rings (SSSR count). The predicted molar refractivity (Wildman–Crippen MR) is 90.0 cm³/mol. The molecule has 3 atom stereocenters. The van der Waals surface area contributed by atoms with Crippen LogP contribution in [-0.2, 0) is 14.2 Å². The van der Waals surface area contributed by atoms with E-state index >= 15 is 0 Å². The minimum atomic E-state index is -1.19. The van der Waals surface area contributed by atoms with Gasteiger partial charge in [0, 0.05) is 12.5 Å². The van der Waals surface area contributed by atoms with Gasteiger partial charge in [0.25, 0.3) is 5.79 Å². The van der Waals surface area contributed by atoms with E-state index in [1.54, 1.807) is 30.3 Å². The molecule has 1 N–H and O–H groups in total. The number of carbonyl (C=O) groups is 1. The summed E-state index contributed by atoms with van der Waals surface area (Å²) in [4.78, 5) is 12.4. The average molecular weight is 338 g/mol. The van der Waals surface area contributed by atoms with Crippen LogP contribution in [-0.4, -0.2) is 35.7 Å². The lowest BCUT2D eigenvalue weighted by Crippen LogP contribution is -2.49. The van der Waals surface area contributed by atoms with Crippen LogP contribution in [0.25, 0.3) is 0 Å². The average Bonchev–Trinajstić information content (AvgIpc) is 2.89. The van der Waals surface area contributed by atoms with Gasteiger partial charge in [0.2, 0.25) is 0 Å². The van der Waals surface area contributed by atoms with E-state index in [9.17, 15) is 9.90 Å². The Morgan fingerprint density at radius 1 is 1.36 bits per heavy atom. The molecule has 25 heavy (non-hydrogen) atoms. The molecule has 0 bridgehead atoms. The standard InChI is InChI=1S/C20H18O5/c1-2-3-5-12-16-17(21)18(20(25-16)13-8-9-14-23-20)24-19(22)15-10-6-4-7-11-15/h1,4,6-7,10-12,17-18,21H,8-9,13-14H2/b16-12+/t17-,18+,20+/m0/s1. The summed E-state index contributed by atoms with van der Waals surface area (Å²) in [6.45, 7) is 0.468. The van der Waals surface area contributed by atoms with Crippen LogP contribution in [0.3, 0.4) is 0 Å². The summed E-state index contributed by atoms with van der Waals surface area (Å²) < 4.78 is 17.2. The molecule has 2 aliphatic rings. The summed E-state index contributed by atoms with van der Waals surface area (Å²) in [5, 5.41) is 10.6. The monoisotopic (exact) mass is 338 g/mol. The SMILES string of the molecule is C#CC#C/C=C1/O[C@]2(CCCCO2)[C@H](OC(=O)c2ccccc2)[C@H]1O. The Balaban J connectivity index is 1.86. The molecule has 1 aromatic carbocycles. The van der Waals surface area contributed by atoms with Gasteiger partial charge in [-0.15, -0.1) is 6.42 Å². The number of allylic oxidation sites excluding steroid dienone is 1. The Kier molecular flexibility index (Phi) is 5.09. The second kappa shape index (κ2) is 7.44. The fourth-order valence-corrected chi connectivity index (χ4v) is 2.98. The second-order valence-corrected chi connectivity index (χ2v) is 5.82. The highest BCUT2D eigenvalue weighted by Crippen LogP contribution is 2.42. The fourth-order valence-electron chi connectivity index (χ4n) is 2.98. The molecule has 128 valence electrons. The molecule has 0 saturated carbocycles. The van der Waals surface area contributed by atoms with Gasteiger partial charge in [-0.05, 0) is 36.8 Å². The molecule has 5 heteroatoms. The third-order valence-corrected chi connectivity index (χ3v) is 4.17. The molecule has 2 saturated heterocycles. The highest BCUT2D eigenvalue weighted by molar-refractivity contribution is 5.89. The van der Waals surface area contributed by atoms with Crippen molar-refractivity contribution in [3.8, 4) is 24.2 Å². The molecule has 0 aromatic heterocycles. The third kappa shape index (κ3) is 3.53. The maximum absolute atomic E-state index is 12.4. The van der Waals surface area contributed by atoms with Crippen LogP contribution in [0, 0.1) is 24.2 Å². The van der Waals surface area contributed by atoms with Gasteiger partial charge in [-0.2, -0.15) is 0 Å². The first-order chi connectivity index (χ1) is 12.2. The number of hydrogen-bond donors (Lipinski definition) is 1. The Bertz CT molecular complexity index is 757. The Morgan fingerprint density at radius 3 is 2.84 bits per heavy atom. The first-order valence-corrected chi connectivity index (χ1v) is 8.09. The number of terminal acetylenes is 1. The zero-order valence-electron chi connectivity index (χ0n) is 13.6. The summed E-state index contributed by atoms with van der Waals surface area (Å²) >= 11 is 0. The zero-order chi connectivity index (χ0) is 17.7. The van der Waals surface area contributed by atoms with Crippen molar-refractivity contribution in [2.45, 2.75) is 37.3 Å². The number of carbonyl (C=O) groups excluding carboxylic acids is 1. The van der Waals surface area contributed by atoms with Crippen LogP contribution in [0.15, 0.2) is 42.2 Å². The van der Waals surface area contributed by atoms with E-state index in [2.05, 4.69) is 17.8 Å². The molecular formula is C20H18O5. The summed E-state index contributed by atoms with van der Waals surface area (Å²) in [5.41, 5.74) is 0.394. The second-order valence-electron chi connectivity index (χ2n) is 5.82. The number of ether oxygens (including phenoxy) is 3. The molecule has 1 spiro atoms. The van der Waals surface area contributed by atoms with E-state index in [1.807, 2.05) is 0 Å². The van der Waals surface area contributed by atoms with Gasteiger partial charge in [0.1, 0.15) is 5.76 Å². The van der Waals surface area contributed by atoms with E-state index in [0.717, 1.165) is 12.8 Å².